The van der Waals surface area contributed by atoms with Gasteiger partial charge in [-0.05, 0) is 49.8 Å². The number of piperazine rings is 1. The average Bonchev–Trinajstić information content (AvgIpc) is 2.66. The van der Waals surface area contributed by atoms with Gasteiger partial charge in [-0.2, -0.15) is 0 Å². The third-order valence-electron chi connectivity index (χ3n) is 5.39. The molecular formula is C21H29ClFN3O. The van der Waals surface area contributed by atoms with Crippen LogP contribution in [0.2, 0.25) is 5.02 Å². The smallest absolute Gasteiger partial charge is 0.234 e. The van der Waals surface area contributed by atoms with Crippen LogP contribution < -0.4 is 5.32 Å². The third-order valence-corrected chi connectivity index (χ3v) is 5.75. The van der Waals surface area contributed by atoms with Gasteiger partial charge < -0.3 is 5.32 Å². The number of benzene rings is 1. The van der Waals surface area contributed by atoms with Crippen molar-refractivity contribution in [2.75, 3.05) is 39.3 Å². The van der Waals surface area contributed by atoms with Crippen molar-refractivity contribution in [1.82, 2.24) is 15.1 Å². The fourth-order valence-electron chi connectivity index (χ4n) is 3.75. The second-order valence-electron chi connectivity index (χ2n) is 7.50. The van der Waals surface area contributed by atoms with Gasteiger partial charge in [0.25, 0.3) is 0 Å². The molecule has 148 valence electrons. The molecule has 2 aliphatic rings. The molecule has 0 radical (unpaired) electrons. The maximum atomic E-state index is 13.1. The average molecular weight is 394 g/mol. The highest BCUT2D eigenvalue weighted by Gasteiger charge is 2.19. The molecule has 1 aliphatic heterocycles. The number of nitrogens with one attached hydrogen (secondary N) is 1. The Morgan fingerprint density at radius 1 is 1.15 bits per heavy atom. The van der Waals surface area contributed by atoms with Crippen LogP contribution in [0, 0.1) is 5.82 Å². The Bertz CT molecular complexity index is 671. The lowest BCUT2D eigenvalue weighted by molar-refractivity contribution is -0.122. The number of hydrogen-bond acceptors (Lipinski definition) is 3. The van der Waals surface area contributed by atoms with Crippen molar-refractivity contribution in [3.05, 3.63) is 46.3 Å². The molecule has 0 bridgehead atoms. The quantitative estimate of drug-likeness (QED) is 0.719. The van der Waals surface area contributed by atoms with Crippen molar-refractivity contribution >= 4 is 17.5 Å². The van der Waals surface area contributed by atoms with E-state index in [9.17, 15) is 9.18 Å². The fraction of sp³-hybridized carbons (Fsp3) is 0.571. The van der Waals surface area contributed by atoms with Crippen LogP contribution in [0.25, 0.3) is 0 Å². The number of carbonyl (C=O) groups is 1. The summed E-state index contributed by atoms with van der Waals surface area (Å²) in [7, 11) is 0. The Kier molecular flexibility index (Phi) is 7.68. The Hall–Kier alpha value is -1.43. The molecule has 0 saturated carbocycles. The minimum Gasteiger partial charge on any atom is -0.355 e. The number of carbonyl (C=O) groups excluding carboxylic acids is 1. The van der Waals surface area contributed by atoms with Gasteiger partial charge in [0.05, 0.1) is 6.54 Å². The Labute approximate surface area is 166 Å². The fourth-order valence-corrected chi connectivity index (χ4v) is 3.98. The van der Waals surface area contributed by atoms with Gasteiger partial charge in [0.15, 0.2) is 0 Å². The van der Waals surface area contributed by atoms with E-state index in [0.29, 0.717) is 18.1 Å². The number of hydrogen-bond donors (Lipinski definition) is 1. The highest BCUT2D eigenvalue weighted by atomic mass is 35.5. The van der Waals surface area contributed by atoms with Crippen molar-refractivity contribution in [2.45, 2.75) is 38.6 Å². The molecule has 27 heavy (non-hydrogen) atoms. The predicted molar refractivity (Wildman–Crippen MR) is 107 cm³/mol. The van der Waals surface area contributed by atoms with Gasteiger partial charge >= 0.3 is 0 Å². The van der Waals surface area contributed by atoms with E-state index >= 15 is 0 Å². The molecule has 4 nitrogen and oxygen atoms in total. The summed E-state index contributed by atoms with van der Waals surface area (Å²) in [5, 5.41) is 3.53. The normalized spacial score (nSPS) is 19.0. The van der Waals surface area contributed by atoms with Crippen LogP contribution in [0.15, 0.2) is 29.8 Å². The third kappa shape index (κ3) is 6.59. The van der Waals surface area contributed by atoms with Gasteiger partial charge in [-0.25, -0.2) is 4.39 Å². The van der Waals surface area contributed by atoms with Crippen molar-refractivity contribution in [2.24, 2.45) is 0 Å². The molecule has 1 saturated heterocycles. The van der Waals surface area contributed by atoms with Crippen LogP contribution in [0.5, 0.6) is 0 Å². The number of nitrogens with zero attached hydrogens (tertiary/aromatic N) is 2. The summed E-state index contributed by atoms with van der Waals surface area (Å²) in [6.45, 7) is 5.41. The molecule has 1 aromatic rings. The van der Waals surface area contributed by atoms with E-state index < -0.39 is 0 Å². The van der Waals surface area contributed by atoms with Crippen LogP contribution in [0.1, 0.15) is 37.7 Å². The lowest BCUT2D eigenvalue weighted by Crippen LogP contribution is -2.49. The van der Waals surface area contributed by atoms with E-state index in [1.54, 1.807) is 6.07 Å². The van der Waals surface area contributed by atoms with Gasteiger partial charge in [-0.3, -0.25) is 14.6 Å². The molecule has 1 aromatic carbocycles. The second kappa shape index (κ2) is 10.2. The molecule has 0 unspecified atom stereocenters. The molecule has 1 fully saturated rings. The second-order valence-corrected chi connectivity index (χ2v) is 7.90. The zero-order chi connectivity index (χ0) is 19.1. The van der Waals surface area contributed by atoms with Crippen LogP contribution in [-0.4, -0.2) is 55.0 Å². The largest absolute Gasteiger partial charge is 0.355 e. The number of allylic oxidation sites excluding steroid dienone is 1. The molecule has 6 heteroatoms. The van der Waals surface area contributed by atoms with Gasteiger partial charge in [-0.15, -0.1) is 0 Å². The highest BCUT2D eigenvalue weighted by molar-refractivity contribution is 6.31. The first-order valence-corrected chi connectivity index (χ1v) is 10.3. The zero-order valence-corrected chi connectivity index (χ0v) is 16.6. The zero-order valence-electron chi connectivity index (χ0n) is 15.9. The first-order valence-electron chi connectivity index (χ1n) is 9.93. The lowest BCUT2D eigenvalue weighted by Gasteiger charge is -2.34. The minimum absolute atomic E-state index is 0.112. The first kappa shape index (κ1) is 20.3. The van der Waals surface area contributed by atoms with Crippen LogP contribution in [0.3, 0.4) is 0 Å². The Morgan fingerprint density at radius 2 is 1.93 bits per heavy atom. The first-order chi connectivity index (χ1) is 13.1. The maximum absolute atomic E-state index is 13.1. The van der Waals surface area contributed by atoms with E-state index in [0.717, 1.165) is 44.7 Å². The Balaban J connectivity index is 1.34. The summed E-state index contributed by atoms with van der Waals surface area (Å²) < 4.78 is 13.1. The molecule has 0 aromatic heterocycles. The number of rotatable bonds is 7. The summed E-state index contributed by atoms with van der Waals surface area (Å²) in [6, 6.07) is 4.56. The molecule has 1 N–H and O–H groups in total. The summed E-state index contributed by atoms with van der Waals surface area (Å²) in [5.74, 6) is -0.194. The minimum atomic E-state index is -0.306. The molecule has 0 spiro atoms. The van der Waals surface area contributed by atoms with Crippen LogP contribution in [0.4, 0.5) is 4.39 Å². The van der Waals surface area contributed by atoms with Gasteiger partial charge in [0, 0.05) is 44.3 Å². The predicted octanol–water partition coefficient (Wildman–Crippen LogP) is 3.60. The number of amides is 1. The monoisotopic (exact) mass is 393 g/mol. The van der Waals surface area contributed by atoms with Gasteiger partial charge in [0.1, 0.15) is 5.82 Å². The van der Waals surface area contributed by atoms with Gasteiger partial charge in [-0.1, -0.05) is 29.3 Å². The molecule has 1 aliphatic carbocycles. The Morgan fingerprint density at radius 3 is 2.63 bits per heavy atom. The van der Waals surface area contributed by atoms with E-state index in [-0.39, 0.29) is 11.7 Å². The molecule has 1 heterocycles. The van der Waals surface area contributed by atoms with Crippen LogP contribution in [-0.2, 0) is 11.3 Å². The summed E-state index contributed by atoms with van der Waals surface area (Å²) in [5.41, 5.74) is 2.44. The summed E-state index contributed by atoms with van der Waals surface area (Å²) in [6.07, 6.45) is 8.29. The van der Waals surface area contributed by atoms with Crippen molar-refractivity contribution in [3.8, 4) is 0 Å². The standard InChI is InChI=1S/C21H29ClFN3O/c22-20-14-19(23)7-6-18(20)15-25-10-12-26(13-11-25)16-21(27)24-9-8-17-4-2-1-3-5-17/h4,6-7,14H,1-3,5,8-13,15-16H2,(H,24,27). The van der Waals surface area contributed by atoms with Crippen molar-refractivity contribution < 1.29 is 9.18 Å². The van der Waals surface area contributed by atoms with Crippen LogP contribution >= 0.6 is 11.6 Å². The highest BCUT2D eigenvalue weighted by Crippen LogP contribution is 2.20. The van der Waals surface area contributed by atoms with Crippen molar-refractivity contribution in [3.63, 3.8) is 0 Å². The molecular weight excluding hydrogens is 365 g/mol. The summed E-state index contributed by atoms with van der Waals surface area (Å²) >= 11 is 6.12. The van der Waals surface area contributed by atoms with Crippen molar-refractivity contribution in [1.29, 1.82) is 0 Å². The molecule has 0 atom stereocenters. The van der Waals surface area contributed by atoms with E-state index in [4.69, 9.17) is 11.6 Å². The topological polar surface area (TPSA) is 35.6 Å². The maximum Gasteiger partial charge on any atom is 0.234 e. The lowest BCUT2D eigenvalue weighted by atomic mass is 9.97. The molecule has 1 amide bonds. The van der Waals surface area contributed by atoms with Gasteiger partial charge in [0.2, 0.25) is 5.91 Å². The van der Waals surface area contributed by atoms with E-state index in [2.05, 4.69) is 21.2 Å². The molecule has 3 rings (SSSR count). The SMILES string of the molecule is O=C(CN1CCN(Cc2ccc(F)cc2Cl)CC1)NCCC1=CCCCC1. The van der Waals surface area contributed by atoms with E-state index in [1.807, 2.05) is 0 Å². The number of halogens is 2. The van der Waals surface area contributed by atoms with E-state index in [1.165, 1.54) is 43.4 Å². The summed E-state index contributed by atoms with van der Waals surface area (Å²) in [4.78, 5) is 16.7.